The Kier molecular flexibility index (Phi) is 3.25. The Bertz CT molecular complexity index is 343. The van der Waals surface area contributed by atoms with Crippen molar-refractivity contribution in [1.82, 2.24) is 10.1 Å². The zero-order valence-corrected chi connectivity index (χ0v) is 9.65. The minimum absolute atomic E-state index is 0.189. The van der Waals surface area contributed by atoms with Crippen LogP contribution in [-0.2, 0) is 6.42 Å². The van der Waals surface area contributed by atoms with Crippen LogP contribution >= 0.6 is 0 Å². The smallest absolute Gasteiger partial charge is 0.229 e. The molecule has 1 aliphatic carbocycles. The van der Waals surface area contributed by atoms with Crippen molar-refractivity contribution in [3.05, 3.63) is 11.7 Å². The quantitative estimate of drug-likeness (QED) is 0.797. The summed E-state index contributed by atoms with van der Waals surface area (Å²) in [5.74, 6) is 1.72. The Labute approximate surface area is 95.0 Å². The second kappa shape index (κ2) is 4.51. The summed E-state index contributed by atoms with van der Waals surface area (Å²) >= 11 is 0. The Morgan fingerprint density at radius 2 is 2.19 bits per heavy atom. The molecule has 0 aliphatic heterocycles. The molecule has 5 heteroatoms. The molecule has 1 fully saturated rings. The first-order valence-corrected chi connectivity index (χ1v) is 5.86. The molecule has 0 aromatic carbocycles. The summed E-state index contributed by atoms with van der Waals surface area (Å²) in [4.78, 5) is 4.33. The maximum absolute atomic E-state index is 9.80. The van der Waals surface area contributed by atoms with Gasteiger partial charge < -0.3 is 15.4 Å². The molecule has 1 heterocycles. The number of hydrogen-bond donors (Lipinski definition) is 2. The Morgan fingerprint density at radius 1 is 1.50 bits per heavy atom. The lowest BCUT2D eigenvalue weighted by molar-refractivity contribution is 0.0610. The van der Waals surface area contributed by atoms with E-state index in [4.69, 9.17) is 10.3 Å². The van der Waals surface area contributed by atoms with Crippen LogP contribution in [0.3, 0.4) is 0 Å². The van der Waals surface area contributed by atoms with Crippen LogP contribution in [0, 0.1) is 0 Å². The van der Waals surface area contributed by atoms with E-state index in [1.165, 1.54) is 12.8 Å². The molecule has 2 rings (SSSR count). The molecule has 1 unspecified atom stereocenters. The molecule has 16 heavy (non-hydrogen) atoms. The van der Waals surface area contributed by atoms with E-state index in [-0.39, 0.29) is 6.54 Å². The van der Waals surface area contributed by atoms with Crippen LogP contribution in [0.1, 0.15) is 50.2 Å². The first kappa shape index (κ1) is 11.5. The Hall–Kier alpha value is -0.940. The molecule has 0 spiro atoms. The van der Waals surface area contributed by atoms with E-state index >= 15 is 0 Å². The summed E-state index contributed by atoms with van der Waals surface area (Å²) in [7, 11) is 0. The van der Waals surface area contributed by atoms with E-state index in [0.717, 1.165) is 18.7 Å². The minimum Gasteiger partial charge on any atom is -0.388 e. The number of nitrogens with zero attached hydrogens (tertiary/aromatic N) is 2. The van der Waals surface area contributed by atoms with Gasteiger partial charge in [-0.15, -0.1) is 0 Å². The van der Waals surface area contributed by atoms with Crippen molar-refractivity contribution in [2.75, 3.05) is 6.54 Å². The van der Waals surface area contributed by atoms with Crippen LogP contribution in [0.25, 0.3) is 0 Å². The van der Waals surface area contributed by atoms with Crippen molar-refractivity contribution in [2.45, 2.75) is 50.5 Å². The van der Waals surface area contributed by atoms with E-state index < -0.39 is 5.60 Å². The van der Waals surface area contributed by atoms with E-state index in [1.54, 1.807) is 6.92 Å². The average Bonchev–Trinajstić information content (AvgIpc) is 2.86. The summed E-state index contributed by atoms with van der Waals surface area (Å²) in [6.07, 6.45) is 5.10. The van der Waals surface area contributed by atoms with Crippen molar-refractivity contribution in [3.8, 4) is 0 Å². The van der Waals surface area contributed by atoms with Crippen molar-refractivity contribution in [3.63, 3.8) is 0 Å². The van der Waals surface area contributed by atoms with Gasteiger partial charge in [-0.2, -0.15) is 4.98 Å². The fraction of sp³-hybridized carbons (Fsp3) is 0.818. The van der Waals surface area contributed by atoms with Crippen molar-refractivity contribution in [1.29, 1.82) is 0 Å². The number of nitrogens with two attached hydrogens (primary N) is 1. The van der Waals surface area contributed by atoms with Gasteiger partial charge >= 0.3 is 0 Å². The predicted octanol–water partition coefficient (Wildman–Crippen LogP) is 0.979. The van der Waals surface area contributed by atoms with Crippen molar-refractivity contribution >= 4 is 0 Å². The van der Waals surface area contributed by atoms with Crippen LogP contribution in [0.15, 0.2) is 4.52 Å². The molecule has 1 aromatic rings. The average molecular weight is 225 g/mol. The van der Waals surface area contributed by atoms with E-state index in [9.17, 15) is 5.11 Å². The number of aliphatic hydroxyl groups is 1. The molecule has 1 atom stereocenters. The molecule has 90 valence electrons. The third-order valence-electron chi connectivity index (χ3n) is 3.18. The monoisotopic (exact) mass is 225 g/mol. The molecule has 3 N–H and O–H groups in total. The summed E-state index contributed by atoms with van der Waals surface area (Å²) in [6.45, 7) is 1.86. The van der Waals surface area contributed by atoms with Crippen LogP contribution in [0.2, 0.25) is 0 Å². The van der Waals surface area contributed by atoms with Crippen LogP contribution in [0.5, 0.6) is 0 Å². The molecule has 1 aromatic heterocycles. The van der Waals surface area contributed by atoms with E-state index in [0.29, 0.717) is 18.2 Å². The molecule has 0 radical (unpaired) electrons. The fourth-order valence-electron chi connectivity index (χ4n) is 2.09. The standard InChI is InChI=1S/C11H19N3O2/c1-11(15,7-12)6-9-13-10(14-16-9)8-4-2-3-5-8/h8,15H,2-7,12H2,1H3. The lowest BCUT2D eigenvalue weighted by Crippen LogP contribution is -2.36. The Balaban J connectivity index is 2.01. The lowest BCUT2D eigenvalue weighted by Gasteiger charge is -2.17. The van der Waals surface area contributed by atoms with Gasteiger partial charge in [-0.3, -0.25) is 0 Å². The highest BCUT2D eigenvalue weighted by Crippen LogP contribution is 2.32. The molecule has 0 saturated heterocycles. The van der Waals surface area contributed by atoms with Gasteiger partial charge in [0.2, 0.25) is 5.89 Å². The summed E-state index contributed by atoms with van der Waals surface area (Å²) in [5, 5.41) is 13.8. The van der Waals surface area contributed by atoms with Crippen molar-refractivity contribution < 1.29 is 9.63 Å². The second-order valence-electron chi connectivity index (χ2n) is 4.91. The minimum atomic E-state index is -0.959. The molecule has 0 amide bonds. The number of aromatic nitrogens is 2. The van der Waals surface area contributed by atoms with Crippen LogP contribution < -0.4 is 5.73 Å². The lowest BCUT2D eigenvalue weighted by atomic mass is 10.0. The third-order valence-corrected chi connectivity index (χ3v) is 3.18. The van der Waals surface area contributed by atoms with Crippen LogP contribution in [0.4, 0.5) is 0 Å². The van der Waals surface area contributed by atoms with Gasteiger partial charge in [0.05, 0.1) is 12.0 Å². The third kappa shape index (κ3) is 2.59. The predicted molar refractivity (Wildman–Crippen MR) is 58.9 cm³/mol. The first-order chi connectivity index (χ1) is 7.61. The molecule has 5 nitrogen and oxygen atoms in total. The Morgan fingerprint density at radius 3 is 2.81 bits per heavy atom. The SMILES string of the molecule is CC(O)(CN)Cc1nc(C2CCCC2)no1. The molecule has 1 aliphatic rings. The zero-order chi connectivity index (χ0) is 11.6. The van der Waals surface area contributed by atoms with Gasteiger partial charge in [0, 0.05) is 12.5 Å². The highest BCUT2D eigenvalue weighted by atomic mass is 16.5. The summed E-state index contributed by atoms with van der Waals surface area (Å²) in [5.41, 5.74) is 4.48. The maximum Gasteiger partial charge on any atom is 0.229 e. The molecular formula is C11H19N3O2. The normalized spacial score (nSPS) is 21.2. The van der Waals surface area contributed by atoms with Gasteiger partial charge in [-0.25, -0.2) is 0 Å². The first-order valence-electron chi connectivity index (χ1n) is 5.86. The molecule has 1 saturated carbocycles. The largest absolute Gasteiger partial charge is 0.388 e. The highest BCUT2D eigenvalue weighted by molar-refractivity contribution is 4.99. The van der Waals surface area contributed by atoms with Gasteiger partial charge in [-0.1, -0.05) is 18.0 Å². The molecular weight excluding hydrogens is 206 g/mol. The van der Waals surface area contributed by atoms with Crippen molar-refractivity contribution in [2.24, 2.45) is 5.73 Å². The number of rotatable bonds is 4. The van der Waals surface area contributed by atoms with Gasteiger partial charge in [0.15, 0.2) is 5.82 Å². The van der Waals surface area contributed by atoms with Gasteiger partial charge in [-0.05, 0) is 19.8 Å². The number of hydrogen-bond acceptors (Lipinski definition) is 5. The molecule has 0 bridgehead atoms. The van der Waals surface area contributed by atoms with Gasteiger partial charge in [0.25, 0.3) is 0 Å². The fourth-order valence-corrected chi connectivity index (χ4v) is 2.09. The van der Waals surface area contributed by atoms with E-state index in [1.807, 2.05) is 0 Å². The highest BCUT2D eigenvalue weighted by Gasteiger charge is 2.26. The summed E-state index contributed by atoms with van der Waals surface area (Å²) < 4.78 is 5.14. The van der Waals surface area contributed by atoms with Crippen LogP contribution in [-0.4, -0.2) is 27.4 Å². The summed E-state index contributed by atoms with van der Waals surface area (Å²) in [6, 6.07) is 0. The van der Waals surface area contributed by atoms with Gasteiger partial charge in [0.1, 0.15) is 0 Å². The maximum atomic E-state index is 9.80. The second-order valence-corrected chi connectivity index (χ2v) is 4.91. The topological polar surface area (TPSA) is 85.2 Å². The van der Waals surface area contributed by atoms with E-state index in [2.05, 4.69) is 10.1 Å². The zero-order valence-electron chi connectivity index (χ0n) is 9.65.